The Bertz CT molecular complexity index is 2120. The number of hydrogen-bond donors (Lipinski definition) is 3. The van der Waals surface area contributed by atoms with Crippen LogP contribution >= 0.6 is 0 Å². The van der Waals surface area contributed by atoms with Crippen LogP contribution < -0.4 is 21.9 Å². The Labute approximate surface area is 294 Å². The maximum atomic E-state index is 15.0. The summed E-state index contributed by atoms with van der Waals surface area (Å²) in [6.07, 6.45) is 1.18. The Kier molecular flexibility index (Phi) is 10.0. The number of carbonyl (C=O) groups excluding carboxylic acids is 2. The first-order valence-corrected chi connectivity index (χ1v) is 16.6. The smallest absolute Gasteiger partial charge is 0.410 e. The monoisotopic (exact) mass is 696 g/mol. The number of aromatic nitrogens is 5. The van der Waals surface area contributed by atoms with Crippen molar-refractivity contribution >= 4 is 40.6 Å². The minimum absolute atomic E-state index is 0.0391. The maximum absolute atomic E-state index is 15.0. The van der Waals surface area contributed by atoms with E-state index in [9.17, 15) is 14.4 Å². The molecule has 0 radical (unpaired) electrons. The number of carbonyl (C=O) groups is 2. The first-order chi connectivity index (χ1) is 24.4. The summed E-state index contributed by atoms with van der Waals surface area (Å²) in [5, 5.41) is 10.8. The van der Waals surface area contributed by atoms with E-state index in [-0.39, 0.29) is 40.9 Å². The molecule has 15 heteroatoms. The summed E-state index contributed by atoms with van der Waals surface area (Å²) in [5.41, 5.74) is 7.67. The number of rotatable bonds is 8. The molecule has 0 unspecified atom stereocenters. The van der Waals surface area contributed by atoms with E-state index in [1.807, 2.05) is 51.1 Å². The van der Waals surface area contributed by atoms with Crippen LogP contribution in [0.3, 0.4) is 0 Å². The summed E-state index contributed by atoms with van der Waals surface area (Å²) in [4.78, 5) is 51.2. The summed E-state index contributed by atoms with van der Waals surface area (Å²) in [7, 11) is 1.57. The average molecular weight is 697 g/mol. The maximum Gasteiger partial charge on any atom is 0.410 e. The van der Waals surface area contributed by atoms with Crippen LogP contribution in [0.1, 0.15) is 32.0 Å². The molecule has 266 valence electrons. The predicted molar refractivity (Wildman–Crippen MR) is 193 cm³/mol. The van der Waals surface area contributed by atoms with Gasteiger partial charge in [-0.2, -0.15) is 10.1 Å². The molecule has 3 amide bonds. The van der Waals surface area contributed by atoms with E-state index in [2.05, 4.69) is 25.5 Å². The highest BCUT2D eigenvalue weighted by Gasteiger charge is 2.25. The lowest BCUT2D eigenvalue weighted by molar-refractivity contribution is 0.0707. The minimum atomic E-state index is -0.675. The van der Waals surface area contributed by atoms with Gasteiger partial charge in [0.15, 0.2) is 0 Å². The zero-order valence-corrected chi connectivity index (χ0v) is 29.0. The van der Waals surface area contributed by atoms with Gasteiger partial charge >= 0.3 is 12.1 Å². The Balaban J connectivity index is 1.10. The largest absolute Gasteiger partial charge is 0.445 e. The number of fused-ring (bicyclic) bond motifs is 1. The van der Waals surface area contributed by atoms with Gasteiger partial charge in [-0.15, -0.1) is 0 Å². The second-order valence-electron chi connectivity index (χ2n) is 13.5. The highest BCUT2D eigenvalue weighted by Crippen LogP contribution is 2.27. The number of ether oxygens (including phenoxy) is 1. The SMILES string of the molecule is Cn1c(=O)c(-c2ccc(F)c(NC(=O)Nc3cc(C(C)(C)C)nn3CCN3CCN(C(=O)OCc4ccccc4)CC3)c2)cc2cnc(N)nc21. The summed E-state index contributed by atoms with van der Waals surface area (Å²) in [6, 6.07) is 16.4. The molecule has 14 nitrogen and oxygen atoms in total. The molecule has 1 fully saturated rings. The molecule has 4 heterocycles. The van der Waals surface area contributed by atoms with Gasteiger partial charge < -0.3 is 20.7 Å². The van der Waals surface area contributed by atoms with Crippen molar-refractivity contribution in [1.82, 2.24) is 34.1 Å². The van der Waals surface area contributed by atoms with Crippen LogP contribution in [0.15, 0.2) is 71.7 Å². The van der Waals surface area contributed by atoms with Crippen LogP contribution in [-0.4, -0.2) is 79.0 Å². The quantitative estimate of drug-likeness (QED) is 0.207. The fraction of sp³-hybridized carbons (Fsp3) is 0.333. The van der Waals surface area contributed by atoms with Crippen LogP contribution in [-0.2, 0) is 30.4 Å². The second kappa shape index (κ2) is 14.6. The van der Waals surface area contributed by atoms with Crippen molar-refractivity contribution in [1.29, 1.82) is 0 Å². The number of halogens is 1. The Morgan fingerprint density at radius 2 is 1.73 bits per heavy atom. The van der Waals surface area contributed by atoms with Crippen molar-refractivity contribution < 1.29 is 18.7 Å². The molecule has 1 aliphatic heterocycles. The van der Waals surface area contributed by atoms with Crippen molar-refractivity contribution in [3.63, 3.8) is 0 Å². The van der Waals surface area contributed by atoms with Crippen LogP contribution in [0, 0.1) is 5.82 Å². The number of nitrogens with two attached hydrogens (primary N) is 1. The topological polar surface area (TPSA) is 166 Å². The van der Waals surface area contributed by atoms with Crippen LogP contribution in [0.4, 0.5) is 31.4 Å². The minimum Gasteiger partial charge on any atom is -0.445 e. The fourth-order valence-electron chi connectivity index (χ4n) is 5.78. The van der Waals surface area contributed by atoms with Crippen LogP contribution in [0.5, 0.6) is 0 Å². The van der Waals surface area contributed by atoms with Gasteiger partial charge in [-0.3, -0.25) is 19.6 Å². The standard InChI is InChI=1S/C36H41FN10O4/c1-36(2,3)29-20-30(47(43-29)17-14-45-12-15-46(16-13-45)35(50)51-22-23-8-6-5-7-9-23)41-34(49)40-28-19-24(10-11-27(28)37)26-18-25-21-39-33(38)42-31(25)44(4)32(26)48/h5-11,18-21H,12-17,22H2,1-4H3,(H2,38,39,42)(H2,40,41,49). The third-order valence-corrected chi connectivity index (χ3v) is 8.75. The van der Waals surface area contributed by atoms with E-state index in [1.165, 1.54) is 29.0 Å². The number of amides is 3. The molecule has 1 aliphatic rings. The zero-order valence-electron chi connectivity index (χ0n) is 29.0. The molecule has 1 saturated heterocycles. The van der Waals surface area contributed by atoms with Crippen molar-refractivity contribution in [2.75, 3.05) is 49.1 Å². The highest BCUT2D eigenvalue weighted by molar-refractivity contribution is 6.00. The summed E-state index contributed by atoms with van der Waals surface area (Å²) < 4.78 is 23.6. The third kappa shape index (κ3) is 8.15. The molecule has 4 N–H and O–H groups in total. The number of hydrogen-bond acceptors (Lipinski definition) is 9. The normalized spacial score (nSPS) is 13.7. The predicted octanol–water partition coefficient (Wildman–Crippen LogP) is 4.81. The molecule has 0 aliphatic carbocycles. The Hall–Kier alpha value is -5.83. The number of aryl methyl sites for hydroxylation is 1. The van der Waals surface area contributed by atoms with Gasteiger partial charge in [0.05, 0.1) is 17.9 Å². The van der Waals surface area contributed by atoms with E-state index >= 15 is 4.39 Å². The van der Waals surface area contributed by atoms with Crippen molar-refractivity contribution in [2.45, 2.75) is 39.3 Å². The van der Waals surface area contributed by atoms with Gasteiger partial charge in [-0.25, -0.2) is 23.6 Å². The molecule has 2 aromatic carbocycles. The number of nitrogen functional groups attached to an aromatic ring is 1. The fourth-order valence-corrected chi connectivity index (χ4v) is 5.78. The van der Waals surface area contributed by atoms with E-state index in [0.717, 1.165) is 11.3 Å². The zero-order chi connectivity index (χ0) is 36.3. The first-order valence-electron chi connectivity index (χ1n) is 16.6. The molecular formula is C36H41FN10O4. The summed E-state index contributed by atoms with van der Waals surface area (Å²) in [5.74, 6) is -0.188. The molecule has 51 heavy (non-hydrogen) atoms. The van der Waals surface area contributed by atoms with E-state index < -0.39 is 11.8 Å². The number of anilines is 3. The Morgan fingerprint density at radius 3 is 2.45 bits per heavy atom. The molecule has 6 rings (SSSR count). The lowest BCUT2D eigenvalue weighted by Crippen LogP contribution is -2.49. The third-order valence-electron chi connectivity index (χ3n) is 8.75. The summed E-state index contributed by atoms with van der Waals surface area (Å²) in [6.45, 7) is 9.79. The number of nitrogens with zero attached hydrogens (tertiary/aromatic N) is 7. The van der Waals surface area contributed by atoms with Gasteiger partial charge in [0.1, 0.15) is 23.9 Å². The van der Waals surface area contributed by atoms with E-state index in [4.69, 9.17) is 15.6 Å². The highest BCUT2D eigenvalue weighted by atomic mass is 19.1. The van der Waals surface area contributed by atoms with Gasteiger partial charge in [-0.05, 0) is 29.3 Å². The molecule has 0 spiro atoms. The van der Waals surface area contributed by atoms with E-state index in [0.29, 0.717) is 61.7 Å². The van der Waals surface area contributed by atoms with Gasteiger partial charge in [0, 0.05) is 68.4 Å². The number of piperazine rings is 1. The molecular weight excluding hydrogens is 655 g/mol. The molecule has 5 aromatic rings. The van der Waals surface area contributed by atoms with Gasteiger partial charge in [0.25, 0.3) is 5.56 Å². The first kappa shape index (κ1) is 35.0. The average Bonchev–Trinajstić information content (AvgIpc) is 3.52. The number of pyridine rings is 1. The number of benzene rings is 2. The van der Waals surface area contributed by atoms with Crippen molar-refractivity contribution in [3.8, 4) is 11.1 Å². The second-order valence-corrected chi connectivity index (χ2v) is 13.5. The van der Waals surface area contributed by atoms with Crippen molar-refractivity contribution in [3.05, 3.63) is 94.3 Å². The molecule has 0 bridgehead atoms. The Morgan fingerprint density at radius 1 is 0.980 bits per heavy atom. The van der Waals surface area contributed by atoms with Gasteiger partial charge in [-0.1, -0.05) is 57.2 Å². The molecule has 3 aromatic heterocycles. The van der Waals surface area contributed by atoms with Gasteiger partial charge in [0.2, 0.25) is 5.95 Å². The summed E-state index contributed by atoms with van der Waals surface area (Å²) >= 11 is 0. The molecule has 0 saturated carbocycles. The van der Waals surface area contributed by atoms with Crippen LogP contribution in [0.25, 0.3) is 22.2 Å². The molecule has 0 atom stereocenters. The van der Waals surface area contributed by atoms with Crippen LogP contribution in [0.2, 0.25) is 0 Å². The number of urea groups is 1. The lowest BCUT2D eigenvalue weighted by Gasteiger charge is -2.34. The van der Waals surface area contributed by atoms with Crippen molar-refractivity contribution in [2.24, 2.45) is 7.05 Å². The lowest BCUT2D eigenvalue weighted by atomic mass is 9.92. The van der Waals surface area contributed by atoms with E-state index in [1.54, 1.807) is 28.8 Å². The number of nitrogens with one attached hydrogen (secondary N) is 2.